The third kappa shape index (κ3) is 3.25. The van der Waals surface area contributed by atoms with Crippen molar-refractivity contribution in [1.29, 1.82) is 0 Å². The van der Waals surface area contributed by atoms with E-state index in [1.54, 1.807) is 0 Å². The summed E-state index contributed by atoms with van der Waals surface area (Å²) >= 11 is 0. The van der Waals surface area contributed by atoms with Gasteiger partial charge in [-0.3, -0.25) is 4.79 Å². The Morgan fingerprint density at radius 1 is 1.38 bits per heavy atom. The molecule has 16 heavy (non-hydrogen) atoms. The zero-order valence-electron chi connectivity index (χ0n) is 8.84. The third-order valence-electron chi connectivity index (χ3n) is 2.93. The molecule has 0 radical (unpaired) electrons. The second-order valence-electron chi connectivity index (χ2n) is 3.96. The van der Waals surface area contributed by atoms with Gasteiger partial charge in [0.2, 0.25) is 0 Å². The van der Waals surface area contributed by atoms with Crippen molar-refractivity contribution in [3.8, 4) is 0 Å². The Bertz CT molecular complexity index is 250. The maximum Gasteiger partial charge on any atom is 0.391 e. The summed E-state index contributed by atoms with van der Waals surface area (Å²) in [7, 11) is 1.19. The number of rotatable bonds is 1. The van der Waals surface area contributed by atoms with Crippen molar-refractivity contribution >= 4 is 18.4 Å². The molecule has 0 aromatic rings. The van der Waals surface area contributed by atoms with Gasteiger partial charge in [0, 0.05) is 0 Å². The molecule has 0 aromatic carbocycles. The molecule has 1 aliphatic carbocycles. The van der Waals surface area contributed by atoms with Crippen molar-refractivity contribution in [2.24, 2.45) is 11.7 Å². The first-order valence-corrected chi connectivity index (χ1v) is 4.73. The number of carbonyl (C=O) groups excluding carboxylic acids is 1. The highest BCUT2D eigenvalue weighted by Crippen LogP contribution is 2.40. The summed E-state index contributed by atoms with van der Waals surface area (Å²) in [5, 5.41) is 0. The van der Waals surface area contributed by atoms with Crippen LogP contribution in [0.2, 0.25) is 0 Å². The van der Waals surface area contributed by atoms with Crippen LogP contribution in [0.4, 0.5) is 13.2 Å². The number of hydrogen-bond donors (Lipinski definition) is 1. The second kappa shape index (κ2) is 5.23. The molecule has 0 heterocycles. The van der Waals surface area contributed by atoms with Gasteiger partial charge in [0.25, 0.3) is 0 Å². The van der Waals surface area contributed by atoms with Crippen LogP contribution in [0.1, 0.15) is 25.7 Å². The number of halogens is 4. The maximum atomic E-state index is 12.3. The van der Waals surface area contributed by atoms with Crippen LogP contribution in [-0.2, 0) is 9.53 Å². The highest BCUT2D eigenvalue weighted by Gasteiger charge is 2.47. The molecule has 0 amide bonds. The lowest BCUT2D eigenvalue weighted by molar-refractivity contribution is -0.187. The molecule has 2 N–H and O–H groups in total. The zero-order chi connectivity index (χ0) is 11.7. The lowest BCUT2D eigenvalue weighted by Gasteiger charge is -2.35. The predicted molar refractivity (Wildman–Crippen MR) is 54.2 cm³/mol. The minimum absolute atomic E-state index is 0. The standard InChI is InChI=1S/C9H14F3NO2.ClH/c1-15-7(14)8(13)4-2-6(3-5-8)9(10,11)12;/h6H,2-5,13H2,1H3;1H. The van der Waals surface area contributed by atoms with Crippen LogP contribution in [0.5, 0.6) is 0 Å². The molecular weight excluding hydrogens is 247 g/mol. The number of methoxy groups -OCH3 is 1. The van der Waals surface area contributed by atoms with E-state index in [0.29, 0.717) is 0 Å². The van der Waals surface area contributed by atoms with Gasteiger partial charge in [0.05, 0.1) is 13.0 Å². The van der Waals surface area contributed by atoms with Crippen molar-refractivity contribution in [1.82, 2.24) is 0 Å². The average Bonchev–Trinajstić information content (AvgIpc) is 2.15. The van der Waals surface area contributed by atoms with Crippen LogP contribution < -0.4 is 5.73 Å². The fourth-order valence-electron chi connectivity index (χ4n) is 1.87. The molecule has 0 atom stereocenters. The summed E-state index contributed by atoms with van der Waals surface area (Å²) in [5.74, 6) is -1.96. The molecule has 7 heteroatoms. The number of hydrogen-bond acceptors (Lipinski definition) is 3. The Morgan fingerprint density at radius 2 is 1.81 bits per heavy atom. The van der Waals surface area contributed by atoms with E-state index in [9.17, 15) is 18.0 Å². The summed E-state index contributed by atoms with van der Waals surface area (Å²) in [6.07, 6.45) is -4.32. The van der Waals surface area contributed by atoms with Gasteiger partial charge in [-0.1, -0.05) is 0 Å². The van der Waals surface area contributed by atoms with Crippen LogP contribution in [0.25, 0.3) is 0 Å². The quantitative estimate of drug-likeness (QED) is 0.735. The van der Waals surface area contributed by atoms with E-state index >= 15 is 0 Å². The molecule has 1 saturated carbocycles. The summed E-state index contributed by atoms with van der Waals surface area (Å²) in [6, 6.07) is 0. The molecule has 0 spiro atoms. The highest BCUT2D eigenvalue weighted by molar-refractivity contribution is 5.85. The molecule has 0 unspecified atom stereocenters. The van der Waals surface area contributed by atoms with Crippen LogP contribution >= 0.6 is 12.4 Å². The fraction of sp³-hybridized carbons (Fsp3) is 0.889. The Kier molecular flexibility index (Phi) is 5.07. The van der Waals surface area contributed by atoms with Gasteiger partial charge in [0.15, 0.2) is 0 Å². The monoisotopic (exact) mass is 261 g/mol. The Morgan fingerprint density at radius 3 is 2.12 bits per heavy atom. The zero-order valence-corrected chi connectivity index (χ0v) is 9.66. The van der Waals surface area contributed by atoms with Gasteiger partial charge < -0.3 is 10.5 Å². The van der Waals surface area contributed by atoms with E-state index < -0.39 is 23.6 Å². The molecule has 1 rings (SSSR count). The first-order valence-electron chi connectivity index (χ1n) is 4.73. The van der Waals surface area contributed by atoms with E-state index in [2.05, 4.69) is 4.74 Å². The van der Waals surface area contributed by atoms with Gasteiger partial charge in [-0.2, -0.15) is 13.2 Å². The van der Waals surface area contributed by atoms with Gasteiger partial charge in [-0.05, 0) is 25.7 Å². The number of ether oxygens (including phenoxy) is 1. The number of alkyl halides is 3. The lowest BCUT2D eigenvalue weighted by Crippen LogP contribution is -2.52. The van der Waals surface area contributed by atoms with E-state index in [1.165, 1.54) is 7.11 Å². The van der Waals surface area contributed by atoms with Gasteiger partial charge in [-0.15, -0.1) is 12.4 Å². The molecule has 0 bridgehead atoms. The second-order valence-corrected chi connectivity index (χ2v) is 3.96. The topological polar surface area (TPSA) is 52.3 Å². The van der Waals surface area contributed by atoms with Gasteiger partial charge >= 0.3 is 12.1 Å². The smallest absolute Gasteiger partial charge is 0.391 e. The van der Waals surface area contributed by atoms with E-state index in [4.69, 9.17) is 5.73 Å². The van der Waals surface area contributed by atoms with Crippen molar-refractivity contribution in [3.05, 3.63) is 0 Å². The molecule has 96 valence electrons. The molecular formula is C9H15ClF3NO2. The van der Waals surface area contributed by atoms with Crippen molar-refractivity contribution in [3.63, 3.8) is 0 Å². The van der Waals surface area contributed by atoms with Crippen LogP contribution in [-0.4, -0.2) is 24.8 Å². The van der Waals surface area contributed by atoms with E-state index in [-0.39, 0.29) is 38.1 Å². The predicted octanol–water partition coefficient (Wildman–Crippen LogP) is 2.03. The molecule has 0 aromatic heterocycles. The Labute approximate surface area is 97.9 Å². The molecule has 3 nitrogen and oxygen atoms in total. The van der Waals surface area contributed by atoms with Crippen molar-refractivity contribution < 1.29 is 22.7 Å². The van der Waals surface area contributed by atoms with Crippen LogP contribution in [0, 0.1) is 5.92 Å². The summed E-state index contributed by atoms with van der Waals surface area (Å²) in [4.78, 5) is 11.2. The van der Waals surface area contributed by atoms with Gasteiger partial charge in [0.1, 0.15) is 5.54 Å². The van der Waals surface area contributed by atoms with Crippen LogP contribution in [0.3, 0.4) is 0 Å². The molecule has 0 aliphatic heterocycles. The number of nitrogens with two attached hydrogens (primary N) is 1. The number of carbonyl (C=O) groups is 1. The molecule has 1 fully saturated rings. The number of esters is 1. The average molecular weight is 262 g/mol. The highest BCUT2D eigenvalue weighted by atomic mass is 35.5. The molecule has 1 aliphatic rings. The van der Waals surface area contributed by atoms with E-state index in [1.807, 2.05) is 0 Å². The SMILES string of the molecule is COC(=O)C1(N)CCC(C(F)(F)F)CC1.Cl. The first-order chi connectivity index (χ1) is 6.79. The van der Waals surface area contributed by atoms with Crippen molar-refractivity contribution in [2.45, 2.75) is 37.4 Å². The Balaban J connectivity index is 0.00000225. The minimum Gasteiger partial charge on any atom is -0.468 e. The fourth-order valence-corrected chi connectivity index (χ4v) is 1.87. The van der Waals surface area contributed by atoms with Crippen molar-refractivity contribution in [2.75, 3.05) is 7.11 Å². The maximum absolute atomic E-state index is 12.3. The molecule has 0 saturated heterocycles. The largest absolute Gasteiger partial charge is 0.468 e. The normalized spacial score (nSPS) is 30.4. The van der Waals surface area contributed by atoms with Crippen LogP contribution in [0.15, 0.2) is 0 Å². The van der Waals surface area contributed by atoms with E-state index in [0.717, 1.165) is 0 Å². The minimum atomic E-state index is -4.18. The summed E-state index contributed by atoms with van der Waals surface area (Å²) in [6.45, 7) is 0. The summed E-state index contributed by atoms with van der Waals surface area (Å²) < 4.78 is 41.4. The lowest BCUT2D eigenvalue weighted by atomic mass is 9.77. The third-order valence-corrected chi connectivity index (χ3v) is 2.93. The Hall–Kier alpha value is -0.490. The van der Waals surface area contributed by atoms with Gasteiger partial charge in [-0.25, -0.2) is 0 Å². The first kappa shape index (κ1) is 15.5. The summed E-state index contributed by atoms with van der Waals surface area (Å²) in [5.41, 5.74) is 4.45.